The van der Waals surface area contributed by atoms with Crippen molar-refractivity contribution in [3.8, 4) is 11.9 Å². The molecule has 0 radical (unpaired) electrons. The molecule has 0 aromatic carbocycles. The second-order valence-corrected chi connectivity index (χ2v) is 3.40. The molecular formula is C10H12N4O3. The highest BCUT2D eigenvalue weighted by atomic mass is 16.6. The molecule has 0 aliphatic carbocycles. The average Bonchev–Trinajstić information content (AvgIpc) is 2.29. The van der Waals surface area contributed by atoms with E-state index >= 15 is 0 Å². The highest BCUT2D eigenvalue weighted by Crippen LogP contribution is 2.25. The maximum absolute atomic E-state index is 10.8. The van der Waals surface area contributed by atoms with Crippen LogP contribution in [0.4, 0.5) is 5.69 Å². The molecule has 1 aromatic heterocycles. The Morgan fingerprint density at radius 1 is 1.76 bits per heavy atom. The van der Waals surface area contributed by atoms with Crippen molar-refractivity contribution in [2.24, 2.45) is 0 Å². The van der Waals surface area contributed by atoms with Crippen LogP contribution in [0.15, 0.2) is 12.3 Å². The number of ether oxygens (including phenoxy) is 1. The molecule has 0 saturated heterocycles. The molecule has 0 aliphatic rings. The largest absolute Gasteiger partial charge is 0.468 e. The van der Waals surface area contributed by atoms with E-state index in [0.29, 0.717) is 6.54 Å². The van der Waals surface area contributed by atoms with Crippen molar-refractivity contribution in [1.82, 2.24) is 10.3 Å². The highest BCUT2D eigenvalue weighted by molar-refractivity contribution is 5.46. The molecular weight excluding hydrogens is 224 g/mol. The van der Waals surface area contributed by atoms with E-state index in [1.807, 2.05) is 0 Å². The van der Waals surface area contributed by atoms with Crippen LogP contribution >= 0.6 is 0 Å². The molecule has 0 bridgehead atoms. The van der Waals surface area contributed by atoms with Gasteiger partial charge in [-0.3, -0.25) is 10.1 Å². The molecule has 90 valence electrons. The summed E-state index contributed by atoms with van der Waals surface area (Å²) < 4.78 is 5.32. The monoisotopic (exact) mass is 236 g/mol. The lowest BCUT2D eigenvalue weighted by molar-refractivity contribution is -0.386. The Hall–Kier alpha value is -2.20. The van der Waals surface area contributed by atoms with Gasteiger partial charge in [-0.25, -0.2) is 4.98 Å². The molecule has 1 N–H and O–H groups in total. The molecule has 0 spiro atoms. The van der Waals surface area contributed by atoms with Crippen LogP contribution < -0.4 is 10.1 Å². The first-order valence-electron chi connectivity index (χ1n) is 4.94. The fourth-order valence-electron chi connectivity index (χ4n) is 1.24. The fourth-order valence-corrected chi connectivity index (χ4v) is 1.24. The smallest absolute Gasteiger partial charge is 0.332 e. The Morgan fingerprint density at radius 2 is 2.47 bits per heavy atom. The van der Waals surface area contributed by atoms with Gasteiger partial charge in [0, 0.05) is 18.8 Å². The van der Waals surface area contributed by atoms with E-state index in [9.17, 15) is 10.1 Å². The summed E-state index contributed by atoms with van der Waals surface area (Å²) in [6.07, 6.45) is 0.994. The molecule has 1 aromatic rings. The van der Waals surface area contributed by atoms with Gasteiger partial charge in [-0.1, -0.05) is 0 Å². The molecule has 17 heavy (non-hydrogen) atoms. The van der Waals surface area contributed by atoms with Crippen LogP contribution in [-0.2, 0) is 0 Å². The number of pyridine rings is 1. The Morgan fingerprint density at radius 3 is 3.00 bits per heavy atom. The average molecular weight is 236 g/mol. The van der Waals surface area contributed by atoms with E-state index in [1.165, 1.54) is 6.20 Å². The quantitative estimate of drug-likeness (QED) is 0.600. The van der Waals surface area contributed by atoms with Gasteiger partial charge in [0.05, 0.1) is 10.5 Å². The number of nitro groups is 1. The first-order chi connectivity index (χ1) is 8.08. The number of hydrogen-bond donors (Lipinski definition) is 1. The number of nitrogens with one attached hydrogen (secondary N) is 1. The molecule has 7 nitrogen and oxygen atoms in total. The minimum atomic E-state index is -0.616. The van der Waals surface area contributed by atoms with Gasteiger partial charge in [-0.15, -0.1) is 0 Å². The Bertz CT molecular complexity index is 455. The van der Waals surface area contributed by atoms with Crippen molar-refractivity contribution in [2.45, 2.75) is 13.0 Å². The number of aromatic nitrogens is 1. The van der Waals surface area contributed by atoms with Crippen LogP contribution in [0.1, 0.15) is 12.5 Å². The van der Waals surface area contributed by atoms with Crippen LogP contribution in [0.5, 0.6) is 5.88 Å². The van der Waals surface area contributed by atoms with E-state index in [1.54, 1.807) is 20.0 Å². The molecule has 0 saturated carbocycles. The highest BCUT2D eigenvalue weighted by Gasteiger charge is 2.19. The predicted molar refractivity (Wildman–Crippen MR) is 59.6 cm³/mol. The predicted octanol–water partition coefficient (Wildman–Crippen LogP) is 0.848. The maximum atomic E-state index is 10.8. The van der Waals surface area contributed by atoms with E-state index in [0.717, 1.165) is 6.07 Å². The molecule has 1 rings (SSSR count). The van der Waals surface area contributed by atoms with E-state index in [2.05, 4.69) is 10.3 Å². The lowest BCUT2D eigenvalue weighted by atomic mass is 10.3. The van der Waals surface area contributed by atoms with Crippen molar-refractivity contribution in [1.29, 1.82) is 5.26 Å². The molecule has 0 fully saturated rings. The van der Waals surface area contributed by atoms with Crippen LogP contribution in [0.3, 0.4) is 0 Å². The van der Waals surface area contributed by atoms with Gasteiger partial charge in [0.2, 0.25) is 0 Å². The second-order valence-electron chi connectivity index (χ2n) is 3.40. The summed E-state index contributed by atoms with van der Waals surface area (Å²) in [5.41, 5.74) is -0.169. The number of nitrogens with zero attached hydrogens (tertiary/aromatic N) is 3. The SMILES string of the molecule is CNCC(C)Oc1ncc(C#N)cc1[N+](=O)[O-]. The van der Waals surface area contributed by atoms with Gasteiger partial charge in [-0.2, -0.15) is 5.26 Å². The van der Waals surface area contributed by atoms with Crippen LogP contribution in [0.25, 0.3) is 0 Å². The third kappa shape index (κ3) is 3.39. The first-order valence-corrected chi connectivity index (χ1v) is 4.94. The Labute approximate surface area is 98.2 Å². The summed E-state index contributed by atoms with van der Waals surface area (Å²) in [5.74, 6) is -0.0725. The summed E-state index contributed by atoms with van der Waals surface area (Å²) in [4.78, 5) is 14.0. The number of nitriles is 1. The fraction of sp³-hybridized carbons (Fsp3) is 0.400. The molecule has 1 heterocycles. The normalized spacial score (nSPS) is 11.6. The van der Waals surface area contributed by atoms with Gasteiger partial charge in [0.15, 0.2) is 0 Å². The third-order valence-corrected chi connectivity index (χ3v) is 1.96. The second kappa shape index (κ2) is 5.77. The zero-order valence-electron chi connectivity index (χ0n) is 9.51. The molecule has 0 amide bonds. The van der Waals surface area contributed by atoms with Crippen molar-refractivity contribution >= 4 is 5.69 Å². The Kier molecular flexibility index (Phi) is 4.37. The van der Waals surface area contributed by atoms with Gasteiger partial charge in [0.25, 0.3) is 5.88 Å². The molecule has 1 atom stereocenters. The van der Waals surface area contributed by atoms with Crippen molar-refractivity contribution in [3.63, 3.8) is 0 Å². The van der Waals surface area contributed by atoms with Gasteiger partial charge in [0.1, 0.15) is 12.2 Å². The zero-order chi connectivity index (χ0) is 12.8. The topological polar surface area (TPSA) is 101 Å². The summed E-state index contributed by atoms with van der Waals surface area (Å²) in [5, 5.41) is 22.3. The summed E-state index contributed by atoms with van der Waals surface area (Å²) in [7, 11) is 1.75. The lowest BCUT2D eigenvalue weighted by Gasteiger charge is -2.12. The molecule has 7 heteroatoms. The molecule has 0 aliphatic heterocycles. The lowest BCUT2D eigenvalue weighted by Crippen LogP contribution is -2.26. The maximum Gasteiger partial charge on any atom is 0.332 e. The number of rotatable bonds is 5. The van der Waals surface area contributed by atoms with Crippen LogP contribution in [0.2, 0.25) is 0 Å². The molecule has 1 unspecified atom stereocenters. The summed E-state index contributed by atoms with van der Waals surface area (Å²) in [6.45, 7) is 2.30. The minimum absolute atomic E-state index is 0.0725. The summed E-state index contributed by atoms with van der Waals surface area (Å²) >= 11 is 0. The van der Waals surface area contributed by atoms with E-state index < -0.39 is 4.92 Å². The number of hydrogen-bond acceptors (Lipinski definition) is 6. The minimum Gasteiger partial charge on any atom is -0.468 e. The van der Waals surface area contributed by atoms with Crippen molar-refractivity contribution < 1.29 is 9.66 Å². The zero-order valence-corrected chi connectivity index (χ0v) is 9.51. The number of likely N-dealkylation sites (N-methyl/N-ethyl adjacent to an activating group) is 1. The first kappa shape index (κ1) is 12.9. The standard InChI is InChI=1S/C10H12N4O3/c1-7(5-12-2)17-10-9(14(15)16)3-8(4-11)6-13-10/h3,6-7,12H,5H2,1-2H3. The van der Waals surface area contributed by atoms with E-state index in [-0.39, 0.29) is 23.2 Å². The van der Waals surface area contributed by atoms with Crippen molar-refractivity contribution in [3.05, 3.63) is 27.9 Å². The third-order valence-electron chi connectivity index (χ3n) is 1.96. The van der Waals surface area contributed by atoms with Crippen LogP contribution in [-0.4, -0.2) is 29.6 Å². The van der Waals surface area contributed by atoms with Gasteiger partial charge >= 0.3 is 5.69 Å². The van der Waals surface area contributed by atoms with Gasteiger partial charge < -0.3 is 10.1 Å². The Balaban J connectivity index is 2.99. The van der Waals surface area contributed by atoms with Gasteiger partial charge in [-0.05, 0) is 14.0 Å². The van der Waals surface area contributed by atoms with Crippen LogP contribution in [0, 0.1) is 21.4 Å². The van der Waals surface area contributed by atoms with E-state index in [4.69, 9.17) is 10.00 Å². The summed E-state index contributed by atoms with van der Waals surface area (Å²) in [6, 6.07) is 2.94. The van der Waals surface area contributed by atoms with Crippen molar-refractivity contribution in [2.75, 3.05) is 13.6 Å².